The molecule has 1 aliphatic heterocycles. The number of hydrogen-bond acceptors (Lipinski definition) is 4. The van der Waals surface area contributed by atoms with Gasteiger partial charge in [-0.15, -0.1) is 0 Å². The lowest BCUT2D eigenvalue weighted by Crippen LogP contribution is -2.36. The lowest BCUT2D eigenvalue weighted by molar-refractivity contribution is 0.0950. The Bertz CT molecular complexity index is 1060. The molecule has 0 saturated carbocycles. The van der Waals surface area contributed by atoms with E-state index < -0.39 is 10.0 Å². The van der Waals surface area contributed by atoms with Crippen molar-refractivity contribution in [1.82, 2.24) is 14.5 Å². The van der Waals surface area contributed by atoms with Gasteiger partial charge in [0.15, 0.2) is 0 Å². The van der Waals surface area contributed by atoms with Crippen LogP contribution in [0.5, 0.6) is 0 Å². The summed E-state index contributed by atoms with van der Waals surface area (Å²) in [6.07, 6.45) is 3.85. The van der Waals surface area contributed by atoms with Crippen LogP contribution in [0.1, 0.15) is 58.8 Å². The second-order valence-electron chi connectivity index (χ2n) is 9.02. The van der Waals surface area contributed by atoms with Gasteiger partial charge < -0.3 is 5.32 Å². The summed E-state index contributed by atoms with van der Waals surface area (Å²) in [4.78, 5) is 15.5. The minimum atomic E-state index is -3.62. The smallest absolute Gasteiger partial charge is 0.251 e. The molecule has 174 valence electrons. The molecule has 32 heavy (non-hydrogen) atoms. The maximum atomic E-state index is 12.8. The molecule has 1 unspecified atom stereocenters. The van der Waals surface area contributed by atoms with Crippen molar-refractivity contribution >= 4 is 15.9 Å². The van der Waals surface area contributed by atoms with Crippen molar-refractivity contribution in [2.45, 2.75) is 64.1 Å². The minimum Gasteiger partial charge on any atom is -0.348 e. The topological polar surface area (TPSA) is 69.7 Å². The van der Waals surface area contributed by atoms with E-state index in [0.717, 1.165) is 24.2 Å². The molecule has 6 nitrogen and oxygen atoms in total. The first-order chi connectivity index (χ1) is 15.1. The third-order valence-corrected chi connectivity index (χ3v) is 8.38. The molecule has 0 aromatic heterocycles. The van der Waals surface area contributed by atoms with Crippen molar-refractivity contribution in [3.63, 3.8) is 0 Å². The van der Waals surface area contributed by atoms with Crippen LogP contribution >= 0.6 is 0 Å². The van der Waals surface area contributed by atoms with E-state index in [0.29, 0.717) is 23.7 Å². The second-order valence-corrected chi connectivity index (χ2v) is 11.1. The number of amides is 1. The van der Waals surface area contributed by atoms with Gasteiger partial charge in [-0.2, -0.15) is 0 Å². The van der Waals surface area contributed by atoms with E-state index in [1.165, 1.54) is 49.3 Å². The van der Waals surface area contributed by atoms with Crippen LogP contribution in [0.3, 0.4) is 0 Å². The van der Waals surface area contributed by atoms with Crippen LogP contribution in [-0.2, 0) is 23.1 Å². The maximum Gasteiger partial charge on any atom is 0.251 e. The van der Waals surface area contributed by atoms with Gasteiger partial charge in [-0.05, 0) is 74.5 Å². The Hall–Kier alpha value is -2.22. The molecular weight excluding hydrogens is 422 g/mol. The van der Waals surface area contributed by atoms with Crippen molar-refractivity contribution in [2.75, 3.05) is 20.6 Å². The highest BCUT2D eigenvalue weighted by molar-refractivity contribution is 7.89. The van der Waals surface area contributed by atoms with Gasteiger partial charge in [0.25, 0.3) is 5.91 Å². The van der Waals surface area contributed by atoms with Crippen LogP contribution in [0.15, 0.2) is 41.3 Å². The summed E-state index contributed by atoms with van der Waals surface area (Å²) >= 11 is 0. The van der Waals surface area contributed by atoms with Crippen LogP contribution in [-0.4, -0.2) is 50.2 Å². The molecule has 2 aromatic carbocycles. The zero-order valence-electron chi connectivity index (χ0n) is 19.8. The maximum absolute atomic E-state index is 12.8. The number of aryl methyl sites for hydroxylation is 1. The number of carbonyl (C=O) groups excluding carboxylic acids is 1. The van der Waals surface area contributed by atoms with Crippen molar-refractivity contribution in [3.05, 3.63) is 64.2 Å². The normalized spacial score (nSPS) is 17.5. The van der Waals surface area contributed by atoms with Gasteiger partial charge in [-0.25, -0.2) is 12.7 Å². The van der Waals surface area contributed by atoms with E-state index >= 15 is 0 Å². The SMILES string of the molecule is Cc1cc(C(=O)NCc2ccc(CN3CCCCC3C)cc2)cc(S(=O)(=O)N(C)C)c1C. The summed E-state index contributed by atoms with van der Waals surface area (Å²) in [6, 6.07) is 12.2. The number of carbonyl (C=O) groups is 1. The number of benzene rings is 2. The van der Waals surface area contributed by atoms with E-state index in [1.54, 1.807) is 13.0 Å². The molecule has 1 fully saturated rings. The van der Waals surface area contributed by atoms with Gasteiger partial charge in [0, 0.05) is 38.8 Å². The quantitative estimate of drug-likeness (QED) is 0.686. The number of piperidine rings is 1. The lowest BCUT2D eigenvalue weighted by atomic mass is 10.0. The minimum absolute atomic E-state index is 0.170. The average molecular weight is 458 g/mol. The Morgan fingerprint density at radius 3 is 2.38 bits per heavy atom. The van der Waals surface area contributed by atoms with Gasteiger partial charge in [0.1, 0.15) is 0 Å². The lowest BCUT2D eigenvalue weighted by Gasteiger charge is -2.33. The molecule has 1 atom stereocenters. The van der Waals surface area contributed by atoms with Crippen LogP contribution in [0.2, 0.25) is 0 Å². The number of nitrogens with one attached hydrogen (secondary N) is 1. The third-order valence-electron chi connectivity index (χ3n) is 6.44. The molecule has 0 bridgehead atoms. The number of sulfonamides is 1. The molecule has 1 amide bonds. The highest BCUT2D eigenvalue weighted by atomic mass is 32.2. The summed E-state index contributed by atoms with van der Waals surface area (Å²) in [5.41, 5.74) is 4.08. The van der Waals surface area contributed by atoms with Gasteiger partial charge in [-0.3, -0.25) is 9.69 Å². The Morgan fingerprint density at radius 1 is 1.09 bits per heavy atom. The molecule has 1 heterocycles. The van der Waals surface area contributed by atoms with Crippen LogP contribution in [0.25, 0.3) is 0 Å². The van der Waals surface area contributed by atoms with Gasteiger partial charge in [-0.1, -0.05) is 30.7 Å². The first-order valence-corrected chi connectivity index (χ1v) is 12.7. The van der Waals surface area contributed by atoms with Crippen LogP contribution in [0.4, 0.5) is 0 Å². The fraction of sp³-hybridized carbons (Fsp3) is 0.480. The highest BCUT2D eigenvalue weighted by Crippen LogP contribution is 2.23. The summed E-state index contributed by atoms with van der Waals surface area (Å²) in [5, 5.41) is 2.92. The molecule has 0 radical (unpaired) electrons. The van der Waals surface area contributed by atoms with Gasteiger partial charge in [0.05, 0.1) is 4.90 Å². The number of nitrogens with zero attached hydrogens (tertiary/aromatic N) is 2. The Morgan fingerprint density at radius 2 is 1.75 bits per heavy atom. The standard InChI is InChI=1S/C25H35N3O3S/c1-18-14-23(15-24(20(18)3)32(30,31)27(4)5)25(29)26-16-21-9-11-22(12-10-21)17-28-13-7-6-8-19(28)2/h9-12,14-15,19H,6-8,13,16-17H2,1-5H3,(H,26,29). The Balaban J connectivity index is 1.66. The Labute approximate surface area is 192 Å². The molecule has 7 heteroatoms. The molecule has 1 N–H and O–H groups in total. The van der Waals surface area contributed by atoms with E-state index in [4.69, 9.17) is 0 Å². The van der Waals surface area contributed by atoms with E-state index in [2.05, 4.69) is 29.3 Å². The second kappa shape index (κ2) is 10.1. The first-order valence-electron chi connectivity index (χ1n) is 11.2. The van der Waals surface area contributed by atoms with Gasteiger partial charge in [0.2, 0.25) is 10.0 Å². The summed E-state index contributed by atoms with van der Waals surface area (Å²) in [5.74, 6) is -0.283. The first kappa shape index (κ1) is 24.4. The molecule has 1 saturated heterocycles. The average Bonchev–Trinajstić information content (AvgIpc) is 2.76. The molecule has 0 spiro atoms. The van der Waals surface area contributed by atoms with Crippen molar-refractivity contribution in [3.8, 4) is 0 Å². The molecule has 3 rings (SSSR count). The molecule has 0 aliphatic carbocycles. The largest absolute Gasteiger partial charge is 0.348 e. The highest BCUT2D eigenvalue weighted by Gasteiger charge is 2.23. The van der Waals surface area contributed by atoms with Crippen LogP contribution in [0, 0.1) is 13.8 Å². The monoisotopic (exact) mass is 457 g/mol. The summed E-state index contributed by atoms with van der Waals surface area (Å²) < 4.78 is 26.5. The predicted octanol–water partition coefficient (Wildman–Crippen LogP) is 3.86. The number of hydrogen-bond donors (Lipinski definition) is 1. The predicted molar refractivity (Wildman–Crippen MR) is 128 cm³/mol. The van der Waals surface area contributed by atoms with E-state index in [9.17, 15) is 13.2 Å². The third kappa shape index (κ3) is 5.57. The fourth-order valence-corrected chi connectivity index (χ4v) is 5.31. The van der Waals surface area contributed by atoms with Crippen molar-refractivity contribution in [2.24, 2.45) is 0 Å². The molecule has 1 aliphatic rings. The number of likely N-dealkylation sites (tertiary alicyclic amines) is 1. The summed E-state index contributed by atoms with van der Waals surface area (Å²) in [7, 11) is -0.640. The molecule has 2 aromatic rings. The zero-order chi connectivity index (χ0) is 23.5. The van der Waals surface area contributed by atoms with Crippen LogP contribution < -0.4 is 5.32 Å². The summed E-state index contributed by atoms with van der Waals surface area (Å²) in [6.45, 7) is 8.38. The fourth-order valence-electron chi connectivity index (χ4n) is 4.10. The van der Waals surface area contributed by atoms with Crippen molar-refractivity contribution in [1.29, 1.82) is 0 Å². The number of rotatable bonds is 7. The molecular formula is C25H35N3O3S. The van der Waals surface area contributed by atoms with E-state index in [-0.39, 0.29) is 10.8 Å². The van der Waals surface area contributed by atoms with Gasteiger partial charge >= 0.3 is 0 Å². The Kier molecular flexibility index (Phi) is 7.75. The van der Waals surface area contributed by atoms with Crippen molar-refractivity contribution < 1.29 is 13.2 Å². The zero-order valence-corrected chi connectivity index (χ0v) is 20.6. The van der Waals surface area contributed by atoms with E-state index in [1.807, 2.05) is 19.1 Å².